The highest BCUT2D eigenvalue weighted by molar-refractivity contribution is 5.21. The van der Waals surface area contributed by atoms with Crippen LogP contribution in [-0.2, 0) is 14.2 Å². The van der Waals surface area contributed by atoms with E-state index in [9.17, 15) is 4.39 Å². The lowest BCUT2D eigenvalue weighted by Crippen LogP contribution is -2.36. The van der Waals surface area contributed by atoms with Gasteiger partial charge in [0.2, 0.25) is 0 Å². The molecule has 2 rings (SSSR count). The van der Waals surface area contributed by atoms with Crippen LogP contribution in [0.2, 0.25) is 0 Å². The van der Waals surface area contributed by atoms with E-state index in [0.717, 1.165) is 5.56 Å². The van der Waals surface area contributed by atoms with Crippen LogP contribution in [0.4, 0.5) is 4.39 Å². The van der Waals surface area contributed by atoms with Crippen LogP contribution in [0.25, 0.3) is 0 Å². The Bertz CT molecular complexity index is 382. The molecular formula is C15H21FO3. The Morgan fingerprint density at radius 2 is 1.95 bits per heavy atom. The van der Waals surface area contributed by atoms with Gasteiger partial charge in [-0.15, -0.1) is 0 Å². The summed E-state index contributed by atoms with van der Waals surface area (Å²) in [5.74, 6) is 0. The van der Waals surface area contributed by atoms with E-state index in [1.54, 1.807) is 7.11 Å². The first-order chi connectivity index (χ1) is 9.13. The minimum atomic E-state index is -1.18. The standard InChI is InChI=1S/C15H21FO3/c1-10(2)18-15-12(9-17-3)19-14(13(15)16)11-7-5-4-6-8-11/h4-8,10,12-15H,9H2,1-3H3/t12-,13+,14+,15-/m1/s1. The summed E-state index contributed by atoms with van der Waals surface area (Å²) in [6, 6.07) is 9.42. The van der Waals surface area contributed by atoms with Crippen molar-refractivity contribution in [2.75, 3.05) is 13.7 Å². The largest absolute Gasteiger partial charge is 0.382 e. The van der Waals surface area contributed by atoms with E-state index in [0.29, 0.717) is 6.61 Å². The quantitative estimate of drug-likeness (QED) is 0.822. The Morgan fingerprint density at radius 1 is 1.26 bits per heavy atom. The Labute approximate surface area is 113 Å². The van der Waals surface area contributed by atoms with E-state index >= 15 is 0 Å². The van der Waals surface area contributed by atoms with Crippen LogP contribution >= 0.6 is 0 Å². The Morgan fingerprint density at radius 3 is 2.53 bits per heavy atom. The molecule has 19 heavy (non-hydrogen) atoms. The molecule has 3 nitrogen and oxygen atoms in total. The maximum absolute atomic E-state index is 14.6. The zero-order valence-corrected chi connectivity index (χ0v) is 11.6. The minimum absolute atomic E-state index is 0.0410. The summed E-state index contributed by atoms with van der Waals surface area (Å²) < 4.78 is 31.1. The number of ether oxygens (including phenoxy) is 3. The molecule has 0 unspecified atom stereocenters. The minimum Gasteiger partial charge on any atom is -0.382 e. The SMILES string of the molecule is COC[C@H]1O[C@@H](c2ccccc2)[C@H](F)[C@@H]1OC(C)C. The third-order valence-electron chi connectivity index (χ3n) is 3.18. The van der Waals surface area contributed by atoms with Gasteiger partial charge in [-0.05, 0) is 19.4 Å². The summed E-state index contributed by atoms with van der Waals surface area (Å²) in [5, 5.41) is 0. The van der Waals surface area contributed by atoms with Crippen molar-refractivity contribution in [3.63, 3.8) is 0 Å². The van der Waals surface area contributed by atoms with Crippen molar-refractivity contribution in [1.82, 2.24) is 0 Å². The van der Waals surface area contributed by atoms with Crippen molar-refractivity contribution >= 4 is 0 Å². The number of benzene rings is 1. The van der Waals surface area contributed by atoms with Gasteiger partial charge in [0.25, 0.3) is 0 Å². The molecule has 1 aromatic rings. The van der Waals surface area contributed by atoms with Gasteiger partial charge in [0.15, 0.2) is 6.17 Å². The second kappa shape index (κ2) is 6.46. The van der Waals surface area contributed by atoms with Gasteiger partial charge in [-0.1, -0.05) is 30.3 Å². The van der Waals surface area contributed by atoms with E-state index in [2.05, 4.69) is 0 Å². The predicted octanol–water partition coefficient (Wildman–Crippen LogP) is 2.90. The Kier molecular flexibility index (Phi) is 4.91. The average molecular weight is 268 g/mol. The van der Waals surface area contributed by atoms with Gasteiger partial charge in [0.05, 0.1) is 12.7 Å². The van der Waals surface area contributed by atoms with E-state index in [4.69, 9.17) is 14.2 Å². The van der Waals surface area contributed by atoms with Gasteiger partial charge in [-0.3, -0.25) is 0 Å². The van der Waals surface area contributed by atoms with Crippen molar-refractivity contribution in [3.05, 3.63) is 35.9 Å². The van der Waals surface area contributed by atoms with Crippen molar-refractivity contribution < 1.29 is 18.6 Å². The summed E-state index contributed by atoms with van der Waals surface area (Å²) in [7, 11) is 1.58. The molecule has 1 fully saturated rings. The highest BCUT2D eigenvalue weighted by Gasteiger charge is 2.46. The average Bonchev–Trinajstić information content (AvgIpc) is 2.69. The lowest BCUT2D eigenvalue weighted by atomic mass is 10.0. The maximum atomic E-state index is 14.6. The number of hydrogen-bond donors (Lipinski definition) is 0. The van der Waals surface area contributed by atoms with Crippen molar-refractivity contribution in [2.24, 2.45) is 0 Å². The second-order valence-electron chi connectivity index (χ2n) is 5.06. The molecule has 0 N–H and O–H groups in total. The van der Waals surface area contributed by atoms with E-state index < -0.39 is 18.4 Å². The molecule has 1 saturated heterocycles. The van der Waals surface area contributed by atoms with E-state index in [1.807, 2.05) is 44.2 Å². The van der Waals surface area contributed by atoms with Crippen LogP contribution in [0.5, 0.6) is 0 Å². The van der Waals surface area contributed by atoms with Gasteiger partial charge in [0, 0.05) is 7.11 Å². The number of hydrogen-bond acceptors (Lipinski definition) is 3. The molecule has 0 radical (unpaired) electrons. The van der Waals surface area contributed by atoms with Gasteiger partial charge < -0.3 is 14.2 Å². The Hall–Kier alpha value is -0.970. The zero-order valence-electron chi connectivity index (χ0n) is 11.6. The summed E-state index contributed by atoms with van der Waals surface area (Å²) in [6.07, 6.45) is -2.74. The van der Waals surface area contributed by atoms with Crippen LogP contribution < -0.4 is 0 Å². The maximum Gasteiger partial charge on any atom is 0.159 e. The van der Waals surface area contributed by atoms with Crippen LogP contribution in [-0.4, -0.2) is 38.2 Å². The van der Waals surface area contributed by atoms with E-state index in [-0.39, 0.29) is 12.2 Å². The third-order valence-corrected chi connectivity index (χ3v) is 3.18. The molecule has 1 heterocycles. The molecule has 0 amide bonds. The highest BCUT2D eigenvalue weighted by Crippen LogP contribution is 2.37. The molecule has 0 aliphatic carbocycles. The second-order valence-corrected chi connectivity index (χ2v) is 5.06. The highest BCUT2D eigenvalue weighted by atomic mass is 19.1. The van der Waals surface area contributed by atoms with Gasteiger partial charge in [0.1, 0.15) is 18.3 Å². The molecule has 0 bridgehead atoms. The van der Waals surface area contributed by atoms with Crippen LogP contribution in [0.1, 0.15) is 25.5 Å². The number of halogens is 1. The third kappa shape index (κ3) is 3.32. The van der Waals surface area contributed by atoms with Crippen LogP contribution in [0.15, 0.2) is 30.3 Å². The molecule has 1 aliphatic rings. The number of methoxy groups -OCH3 is 1. The smallest absolute Gasteiger partial charge is 0.159 e. The summed E-state index contributed by atoms with van der Waals surface area (Å²) >= 11 is 0. The molecular weight excluding hydrogens is 247 g/mol. The predicted molar refractivity (Wildman–Crippen MR) is 70.8 cm³/mol. The Balaban J connectivity index is 2.15. The molecule has 0 aromatic heterocycles. The molecule has 1 aromatic carbocycles. The fraction of sp³-hybridized carbons (Fsp3) is 0.600. The lowest BCUT2D eigenvalue weighted by Gasteiger charge is -2.21. The normalized spacial score (nSPS) is 31.0. The lowest BCUT2D eigenvalue weighted by molar-refractivity contribution is -0.0762. The molecule has 106 valence electrons. The van der Waals surface area contributed by atoms with Crippen LogP contribution in [0, 0.1) is 0 Å². The topological polar surface area (TPSA) is 27.7 Å². The van der Waals surface area contributed by atoms with Gasteiger partial charge in [-0.25, -0.2) is 4.39 Å². The van der Waals surface area contributed by atoms with Crippen LogP contribution in [0.3, 0.4) is 0 Å². The van der Waals surface area contributed by atoms with E-state index in [1.165, 1.54) is 0 Å². The summed E-state index contributed by atoms with van der Waals surface area (Å²) in [6.45, 7) is 4.12. The van der Waals surface area contributed by atoms with Crippen molar-refractivity contribution in [1.29, 1.82) is 0 Å². The summed E-state index contributed by atoms with van der Waals surface area (Å²) in [4.78, 5) is 0. The zero-order chi connectivity index (χ0) is 13.8. The van der Waals surface area contributed by atoms with Crippen molar-refractivity contribution in [2.45, 2.75) is 44.4 Å². The summed E-state index contributed by atoms with van der Waals surface area (Å²) in [5.41, 5.74) is 0.839. The molecule has 0 spiro atoms. The monoisotopic (exact) mass is 268 g/mol. The first kappa shape index (κ1) is 14.4. The van der Waals surface area contributed by atoms with Crippen molar-refractivity contribution in [3.8, 4) is 0 Å². The first-order valence-corrected chi connectivity index (χ1v) is 6.62. The fourth-order valence-corrected chi connectivity index (χ4v) is 2.40. The van der Waals surface area contributed by atoms with Gasteiger partial charge >= 0.3 is 0 Å². The molecule has 0 saturated carbocycles. The fourth-order valence-electron chi connectivity index (χ4n) is 2.40. The molecule has 4 atom stereocenters. The molecule has 4 heteroatoms. The number of rotatable bonds is 5. The molecule has 1 aliphatic heterocycles. The van der Waals surface area contributed by atoms with Gasteiger partial charge in [-0.2, -0.15) is 0 Å². The number of alkyl halides is 1. The first-order valence-electron chi connectivity index (χ1n) is 6.62.